The average Bonchev–Trinajstić information content (AvgIpc) is 2.48. The summed E-state index contributed by atoms with van der Waals surface area (Å²) in [6.45, 7) is 6.71. The van der Waals surface area contributed by atoms with Crippen molar-refractivity contribution in [1.82, 2.24) is 9.80 Å². The van der Waals surface area contributed by atoms with Gasteiger partial charge in [0.2, 0.25) is 0 Å². The van der Waals surface area contributed by atoms with Gasteiger partial charge in [-0.2, -0.15) is 0 Å². The van der Waals surface area contributed by atoms with Crippen LogP contribution in [0.3, 0.4) is 0 Å². The van der Waals surface area contributed by atoms with Crippen LogP contribution in [0.1, 0.15) is 27.2 Å². The van der Waals surface area contributed by atoms with Crippen molar-refractivity contribution in [2.75, 3.05) is 13.2 Å². The average molecular weight is 229 g/mol. The number of aliphatic hydroxyl groups excluding tert-OH is 2. The fourth-order valence-electron chi connectivity index (χ4n) is 1.72. The van der Waals surface area contributed by atoms with Gasteiger partial charge in [-0.05, 0) is 20.8 Å². The van der Waals surface area contributed by atoms with Gasteiger partial charge in [-0.15, -0.1) is 0 Å². The van der Waals surface area contributed by atoms with E-state index in [2.05, 4.69) is 0 Å². The second-order valence-corrected chi connectivity index (χ2v) is 5.25. The van der Waals surface area contributed by atoms with Crippen molar-refractivity contribution in [1.29, 1.82) is 0 Å². The minimum atomic E-state index is -0.574. The van der Waals surface area contributed by atoms with Gasteiger partial charge >= 0.3 is 0 Å². The molecule has 0 aromatic rings. The monoisotopic (exact) mass is 229 g/mol. The van der Waals surface area contributed by atoms with Crippen molar-refractivity contribution >= 4 is 0 Å². The first-order valence-corrected chi connectivity index (χ1v) is 5.61. The zero-order valence-electron chi connectivity index (χ0n) is 10.3. The predicted octanol–water partition coefficient (Wildman–Crippen LogP) is -0.141. The lowest BCUT2D eigenvalue weighted by molar-refractivity contribution is 0.00224. The Kier molecular flexibility index (Phi) is 4.18. The fraction of sp³-hybridized carbons (Fsp3) is 0.818. The summed E-state index contributed by atoms with van der Waals surface area (Å²) in [5.41, 5.74) is 5.47. The second-order valence-electron chi connectivity index (χ2n) is 5.25. The van der Waals surface area contributed by atoms with Crippen LogP contribution >= 0.6 is 0 Å². The number of hydrogen-bond acceptors (Lipinski definition) is 5. The van der Waals surface area contributed by atoms with Crippen LogP contribution < -0.4 is 5.73 Å². The molecule has 0 aliphatic carbocycles. The highest BCUT2D eigenvalue weighted by Gasteiger charge is 2.24. The van der Waals surface area contributed by atoms with Crippen LogP contribution in [0.2, 0.25) is 0 Å². The predicted molar refractivity (Wildman–Crippen MR) is 63.1 cm³/mol. The van der Waals surface area contributed by atoms with Crippen molar-refractivity contribution in [3.05, 3.63) is 12.4 Å². The van der Waals surface area contributed by atoms with Gasteiger partial charge in [0, 0.05) is 30.9 Å². The van der Waals surface area contributed by atoms with Gasteiger partial charge in [0.1, 0.15) is 6.23 Å². The Morgan fingerprint density at radius 2 is 2.00 bits per heavy atom. The lowest BCUT2D eigenvalue weighted by Gasteiger charge is -2.30. The van der Waals surface area contributed by atoms with Crippen LogP contribution in [-0.2, 0) is 0 Å². The van der Waals surface area contributed by atoms with Gasteiger partial charge in [0.15, 0.2) is 0 Å². The first-order valence-electron chi connectivity index (χ1n) is 5.61. The molecule has 0 saturated heterocycles. The third kappa shape index (κ3) is 4.38. The smallest absolute Gasteiger partial charge is 0.129 e. The molecule has 16 heavy (non-hydrogen) atoms. The van der Waals surface area contributed by atoms with E-state index in [1.54, 1.807) is 6.92 Å². The fourth-order valence-corrected chi connectivity index (χ4v) is 1.72. The molecule has 2 unspecified atom stereocenters. The third-order valence-electron chi connectivity index (χ3n) is 2.40. The number of β-amino-alcohol motifs (C(OH)–C–C–N with tert-alkyl or cyclic N) is 1. The molecule has 0 bridgehead atoms. The molecule has 0 amide bonds. The Hall–Kier alpha value is -0.780. The molecule has 5 nitrogen and oxygen atoms in total. The Bertz CT molecular complexity index is 248. The molecule has 0 saturated carbocycles. The maximum absolute atomic E-state index is 9.94. The van der Waals surface area contributed by atoms with Gasteiger partial charge in [0.25, 0.3) is 0 Å². The summed E-state index contributed by atoms with van der Waals surface area (Å²) < 4.78 is 0. The highest BCUT2D eigenvalue weighted by molar-refractivity contribution is 4.93. The summed E-state index contributed by atoms with van der Waals surface area (Å²) in [6, 6.07) is 0. The van der Waals surface area contributed by atoms with Crippen molar-refractivity contribution in [3.63, 3.8) is 0 Å². The highest BCUT2D eigenvalue weighted by atomic mass is 16.3. The molecule has 0 spiro atoms. The van der Waals surface area contributed by atoms with E-state index in [9.17, 15) is 10.2 Å². The zero-order valence-corrected chi connectivity index (χ0v) is 10.3. The third-order valence-corrected chi connectivity index (χ3v) is 2.40. The minimum absolute atomic E-state index is 0.368. The van der Waals surface area contributed by atoms with E-state index < -0.39 is 6.23 Å². The molecule has 94 valence electrons. The molecule has 1 rings (SSSR count). The molecule has 0 radical (unpaired) electrons. The van der Waals surface area contributed by atoms with Crippen LogP contribution in [0.5, 0.6) is 0 Å². The molecule has 5 heteroatoms. The molecule has 1 aliphatic rings. The normalized spacial score (nSPS) is 20.4. The second kappa shape index (κ2) is 5.03. The van der Waals surface area contributed by atoms with Crippen LogP contribution in [-0.4, -0.2) is 51.1 Å². The topological polar surface area (TPSA) is 73.0 Å². The summed E-state index contributed by atoms with van der Waals surface area (Å²) in [7, 11) is 0. The summed E-state index contributed by atoms with van der Waals surface area (Å²) in [5, 5.41) is 19.2. The number of nitrogens with zero attached hydrogens (tertiary/aromatic N) is 2. The molecule has 0 fully saturated rings. The molecule has 0 aromatic carbocycles. The van der Waals surface area contributed by atoms with Gasteiger partial charge in [-0.3, -0.25) is 0 Å². The summed E-state index contributed by atoms with van der Waals surface area (Å²) >= 11 is 0. The van der Waals surface area contributed by atoms with Crippen LogP contribution in [0.4, 0.5) is 0 Å². The van der Waals surface area contributed by atoms with E-state index in [-0.39, 0.29) is 11.6 Å². The molecule has 2 atom stereocenters. The van der Waals surface area contributed by atoms with Crippen molar-refractivity contribution in [2.24, 2.45) is 5.73 Å². The van der Waals surface area contributed by atoms with Crippen LogP contribution in [0.25, 0.3) is 0 Å². The minimum Gasteiger partial charge on any atom is -0.392 e. The van der Waals surface area contributed by atoms with Gasteiger partial charge in [0.05, 0.1) is 12.8 Å². The largest absolute Gasteiger partial charge is 0.392 e. The Morgan fingerprint density at radius 1 is 1.38 bits per heavy atom. The van der Waals surface area contributed by atoms with E-state index in [0.717, 1.165) is 0 Å². The number of hydrogen-bond donors (Lipinski definition) is 3. The zero-order chi connectivity index (χ0) is 12.3. The molecule has 1 aliphatic heterocycles. The summed E-state index contributed by atoms with van der Waals surface area (Å²) in [5.74, 6) is 0. The van der Waals surface area contributed by atoms with Gasteiger partial charge in [-0.1, -0.05) is 0 Å². The van der Waals surface area contributed by atoms with Crippen molar-refractivity contribution in [2.45, 2.75) is 45.1 Å². The number of rotatable bonds is 5. The van der Waals surface area contributed by atoms with Crippen LogP contribution in [0, 0.1) is 0 Å². The maximum atomic E-state index is 9.94. The quantitative estimate of drug-likeness (QED) is 0.612. The van der Waals surface area contributed by atoms with E-state index >= 15 is 0 Å². The summed E-state index contributed by atoms with van der Waals surface area (Å²) in [4.78, 5) is 3.77. The Balaban J connectivity index is 2.39. The Labute approximate surface area is 97.1 Å². The van der Waals surface area contributed by atoms with E-state index in [1.165, 1.54) is 0 Å². The van der Waals surface area contributed by atoms with E-state index in [4.69, 9.17) is 5.73 Å². The van der Waals surface area contributed by atoms with Gasteiger partial charge < -0.3 is 25.7 Å². The summed E-state index contributed by atoms with van der Waals surface area (Å²) in [6.07, 6.45) is 3.28. The van der Waals surface area contributed by atoms with Crippen molar-refractivity contribution in [3.8, 4) is 0 Å². The molecule has 1 heterocycles. The van der Waals surface area contributed by atoms with Crippen molar-refractivity contribution < 1.29 is 10.2 Å². The molecule has 4 N–H and O–H groups in total. The first kappa shape index (κ1) is 13.3. The number of aliphatic hydroxyl groups is 2. The molecular formula is C11H23N3O2. The number of nitrogens with two attached hydrogens (primary N) is 1. The maximum Gasteiger partial charge on any atom is 0.129 e. The lowest BCUT2D eigenvalue weighted by Crippen LogP contribution is -2.43. The molecular weight excluding hydrogens is 206 g/mol. The lowest BCUT2D eigenvalue weighted by atomic mass is 10.0. The Morgan fingerprint density at radius 3 is 2.50 bits per heavy atom. The first-order chi connectivity index (χ1) is 7.28. The standard InChI is InChI=1S/C11H23N3O2/c1-9(15)7-13-4-5-14(8-13)10(16)6-11(2,3)12/h4-5,9-10,15-16H,6-8,12H2,1-3H3. The van der Waals surface area contributed by atoms with E-state index in [0.29, 0.717) is 19.6 Å². The van der Waals surface area contributed by atoms with Gasteiger partial charge in [-0.25, -0.2) is 0 Å². The SMILES string of the molecule is CC(O)CN1C=CN(C(O)CC(C)(C)N)C1. The molecule has 0 aromatic heterocycles. The highest BCUT2D eigenvalue weighted by Crippen LogP contribution is 2.16. The van der Waals surface area contributed by atoms with Crippen LogP contribution in [0.15, 0.2) is 12.4 Å². The van der Waals surface area contributed by atoms with E-state index in [1.807, 2.05) is 36.0 Å².